The molecule has 10 heteroatoms. The van der Waals surface area contributed by atoms with E-state index in [0.29, 0.717) is 12.2 Å². The van der Waals surface area contributed by atoms with E-state index in [1.807, 2.05) is 18.4 Å². The van der Waals surface area contributed by atoms with E-state index in [1.54, 1.807) is 28.0 Å². The zero-order chi connectivity index (χ0) is 17.8. The van der Waals surface area contributed by atoms with Crippen molar-refractivity contribution in [2.24, 2.45) is 0 Å². The summed E-state index contributed by atoms with van der Waals surface area (Å²) in [4.78, 5) is 27.8. The van der Waals surface area contributed by atoms with Crippen LogP contribution in [-0.4, -0.2) is 53.5 Å². The van der Waals surface area contributed by atoms with E-state index in [0.717, 1.165) is 10.4 Å². The number of rotatable bonds is 4. The molecule has 4 heterocycles. The lowest BCUT2D eigenvalue weighted by Crippen LogP contribution is -2.68. The maximum atomic E-state index is 12.7. The highest BCUT2D eigenvalue weighted by Crippen LogP contribution is 2.56. The van der Waals surface area contributed by atoms with Crippen LogP contribution >= 0.6 is 23.1 Å². The maximum Gasteiger partial charge on any atom is 0.249 e. The quantitative estimate of drug-likeness (QED) is 0.770. The number of carbonyl (C=O) groups excluding carboxylic acids is 2. The number of aromatic nitrogens is 4. The molecule has 0 saturated carbocycles. The molecular formula is C15H18N6O2S2. The molecule has 2 fully saturated rings. The number of thiophene rings is 1. The Bertz CT molecular complexity index is 818. The number of hydrogen-bond acceptors (Lipinski definition) is 7. The predicted molar refractivity (Wildman–Crippen MR) is 93.9 cm³/mol. The number of aryl methyl sites for hydroxylation is 1. The molecular weight excluding hydrogens is 360 g/mol. The molecule has 2 aliphatic rings. The van der Waals surface area contributed by atoms with Crippen molar-refractivity contribution in [3.05, 3.63) is 27.7 Å². The molecule has 0 spiro atoms. The molecule has 25 heavy (non-hydrogen) atoms. The van der Waals surface area contributed by atoms with Crippen LogP contribution in [0.5, 0.6) is 0 Å². The standard InChI is InChI=1S/C15H18N6O2S2/c1-7-4-5-24-8(7)6-9(22)16-10-13(23)21-11(12-17-19-20-18-12)15(2,3)25-14(10)21/h4-5,10-11,14H,6H2,1-3H3,(H,16,22)(H,17,18,19,20). The number of nitrogens with zero attached hydrogens (tertiary/aromatic N) is 4. The number of nitrogens with one attached hydrogen (secondary N) is 2. The Morgan fingerprint density at radius 3 is 2.92 bits per heavy atom. The number of tetrazole rings is 1. The molecule has 2 N–H and O–H groups in total. The average molecular weight is 378 g/mol. The van der Waals surface area contributed by atoms with Gasteiger partial charge in [0.05, 0.1) is 6.42 Å². The number of amides is 2. The molecule has 3 atom stereocenters. The first kappa shape index (κ1) is 16.5. The lowest BCUT2D eigenvalue weighted by Gasteiger charge is -2.44. The van der Waals surface area contributed by atoms with E-state index in [9.17, 15) is 9.59 Å². The van der Waals surface area contributed by atoms with Crippen molar-refractivity contribution in [3.63, 3.8) is 0 Å². The Kier molecular flexibility index (Phi) is 3.84. The summed E-state index contributed by atoms with van der Waals surface area (Å²) in [7, 11) is 0. The highest BCUT2D eigenvalue weighted by atomic mass is 32.2. The molecule has 8 nitrogen and oxygen atoms in total. The topological polar surface area (TPSA) is 104 Å². The first-order valence-corrected chi connectivity index (χ1v) is 9.70. The smallest absolute Gasteiger partial charge is 0.249 e. The summed E-state index contributed by atoms with van der Waals surface area (Å²) < 4.78 is -0.245. The Labute approximate surface area is 152 Å². The molecule has 0 bridgehead atoms. The minimum Gasteiger partial charge on any atom is -0.341 e. The fourth-order valence-corrected chi connectivity index (χ4v) is 5.97. The number of β-lactam (4-membered cyclic amide) rings is 1. The summed E-state index contributed by atoms with van der Waals surface area (Å²) in [6.45, 7) is 6.11. The van der Waals surface area contributed by atoms with Crippen LogP contribution in [0, 0.1) is 6.92 Å². The number of carbonyl (C=O) groups is 2. The lowest BCUT2D eigenvalue weighted by molar-refractivity contribution is -0.151. The highest BCUT2D eigenvalue weighted by molar-refractivity contribution is 8.01. The van der Waals surface area contributed by atoms with Crippen LogP contribution in [0.15, 0.2) is 11.4 Å². The molecule has 4 rings (SSSR count). The zero-order valence-corrected chi connectivity index (χ0v) is 15.6. The van der Waals surface area contributed by atoms with Crippen molar-refractivity contribution >= 4 is 34.9 Å². The molecule has 0 aliphatic carbocycles. The molecule has 0 aromatic carbocycles. The molecule has 132 valence electrons. The van der Waals surface area contributed by atoms with Gasteiger partial charge in [0.15, 0.2) is 5.82 Å². The first-order chi connectivity index (χ1) is 11.9. The van der Waals surface area contributed by atoms with Crippen molar-refractivity contribution in [1.29, 1.82) is 0 Å². The third-order valence-electron chi connectivity index (χ3n) is 4.67. The highest BCUT2D eigenvalue weighted by Gasteiger charge is 2.63. The van der Waals surface area contributed by atoms with Crippen molar-refractivity contribution in [1.82, 2.24) is 30.8 Å². The fraction of sp³-hybridized carbons (Fsp3) is 0.533. The minimum absolute atomic E-state index is 0.0827. The molecule has 2 saturated heterocycles. The van der Waals surface area contributed by atoms with Crippen LogP contribution in [0.2, 0.25) is 0 Å². The van der Waals surface area contributed by atoms with E-state index in [-0.39, 0.29) is 28.0 Å². The van der Waals surface area contributed by atoms with Crippen molar-refractivity contribution < 1.29 is 9.59 Å². The van der Waals surface area contributed by atoms with Crippen LogP contribution in [0.25, 0.3) is 0 Å². The number of hydrogen-bond donors (Lipinski definition) is 2. The summed E-state index contributed by atoms with van der Waals surface area (Å²) >= 11 is 3.23. The Morgan fingerprint density at radius 1 is 1.48 bits per heavy atom. The number of thioether (sulfide) groups is 1. The SMILES string of the molecule is Cc1ccsc1CC(=O)NC1C(=O)N2C1SC(C)(C)C2c1nnn[nH]1. The van der Waals surface area contributed by atoms with Gasteiger partial charge in [0.25, 0.3) is 0 Å². The molecule has 3 unspecified atom stereocenters. The minimum atomic E-state index is -0.488. The summed E-state index contributed by atoms with van der Waals surface area (Å²) in [6, 6.07) is 1.28. The van der Waals surface area contributed by atoms with E-state index >= 15 is 0 Å². The Balaban J connectivity index is 1.47. The van der Waals surface area contributed by atoms with E-state index in [1.165, 1.54) is 0 Å². The molecule has 2 aliphatic heterocycles. The van der Waals surface area contributed by atoms with Gasteiger partial charge in [0.2, 0.25) is 11.8 Å². The third kappa shape index (κ3) is 2.63. The molecule has 2 aromatic heterocycles. The van der Waals surface area contributed by atoms with Gasteiger partial charge < -0.3 is 10.2 Å². The average Bonchev–Trinajstić information content (AvgIpc) is 3.25. The second-order valence-electron chi connectivity index (χ2n) is 6.80. The van der Waals surface area contributed by atoms with Gasteiger partial charge >= 0.3 is 0 Å². The predicted octanol–water partition coefficient (Wildman–Crippen LogP) is 1.03. The van der Waals surface area contributed by atoms with Gasteiger partial charge in [-0.25, -0.2) is 5.10 Å². The van der Waals surface area contributed by atoms with Gasteiger partial charge in [-0.3, -0.25) is 9.59 Å². The lowest BCUT2D eigenvalue weighted by atomic mass is 9.95. The van der Waals surface area contributed by atoms with Crippen molar-refractivity contribution in [3.8, 4) is 0 Å². The van der Waals surface area contributed by atoms with Crippen LogP contribution < -0.4 is 5.32 Å². The van der Waals surface area contributed by atoms with Crippen molar-refractivity contribution in [2.45, 2.75) is 49.4 Å². The first-order valence-electron chi connectivity index (χ1n) is 7.94. The Morgan fingerprint density at radius 2 is 2.28 bits per heavy atom. The largest absolute Gasteiger partial charge is 0.341 e. The third-order valence-corrected chi connectivity index (χ3v) is 7.26. The molecule has 2 aromatic rings. The van der Waals surface area contributed by atoms with Gasteiger partial charge in [-0.1, -0.05) is 0 Å². The van der Waals surface area contributed by atoms with Gasteiger partial charge in [-0.2, -0.15) is 0 Å². The number of fused-ring (bicyclic) bond motifs is 1. The fourth-order valence-electron chi connectivity index (χ4n) is 3.43. The van der Waals surface area contributed by atoms with E-state index < -0.39 is 6.04 Å². The van der Waals surface area contributed by atoms with Gasteiger partial charge in [0.1, 0.15) is 17.5 Å². The summed E-state index contributed by atoms with van der Waals surface area (Å²) in [5, 5.41) is 18.8. The normalized spacial score (nSPS) is 27.1. The molecule has 0 radical (unpaired) electrons. The van der Waals surface area contributed by atoms with E-state index in [2.05, 4.69) is 39.8 Å². The second-order valence-corrected chi connectivity index (χ2v) is 9.57. The summed E-state index contributed by atoms with van der Waals surface area (Å²) in [5.41, 5.74) is 1.11. The van der Waals surface area contributed by atoms with Gasteiger partial charge in [-0.15, -0.1) is 28.2 Å². The second kappa shape index (κ2) is 5.80. The van der Waals surface area contributed by atoms with Gasteiger partial charge in [-0.05, 0) is 48.2 Å². The summed E-state index contributed by atoms with van der Waals surface area (Å²) in [6.07, 6.45) is 0.309. The maximum absolute atomic E-state index is 12.7. The van der Waals surface area contributed by atoms with Crippen LogP contribution in [0.1, 0.15) is 36.2 Å². The van der Waals surface area contributed by atoms with Gasteiger partial charge in [0, 0.05) is 9.62 Å². The number of aromatic amines is 1. The number of H-pyrrole nitrogens is 1. The Hall–Kier alpha value is -1.94. The molecule has 2 amide bonds. The monoisotopic (exact) mass is 378 g/mol. The van der Waals surface area contributed by atoms with Crippen LogP contribution in [0.4, 0.5) is 0 Å². The van der Waals surface area contributed by atoms with Crippen molar-refractivity contribution in [2.75, 3.05) is 0 Å². The van der Waals surface area contributed by atoms with Crippen LogP contribution in [-0.2, 0) is 16.0 Å². The van der Waals surface area contributed by atoms with E-state index in [4.69, 9.17) is 0 Å². The zero-order valence-electron chi connectivity index (χ0n) is 14.0. The summed E-state index contributed by atoms with van der Waals surface area (Å²) in [5.74, 6) is 0.375. The van der Waals surface area contributed by atoms with Crippen LogP contribution in [0.3, 0.4) is 0 Å².